The van der Waals surface area contributed by atoms with Gasteiger partial charge in [0.15, 0.2) is 0 Å². The summed E-state index contributed by atoms with van der Waals surface area (Å²) < 4.78 is 32.0. The van der Waals surface area contributed by atoms with E-state index < -0.39 is 11.6 Å². The maximum Gasteiger partial charge on any atom is 0.146 e. The number of nitrogens with zero attached hydrogens (tertiary/aromatic N) is 1. The van der Waals surface area contributed by atoms with E-state index in [9.17, 15) is 8.78 Å². The molecule has 0 amide bonds. The van der Waals surface area contributed by atoms with Crippen LogP contribution in [0.25, 0.3) is 0 Å². The van der Waals surface area contributed by atoms with Crippen molar-refractivity contribution in [2.75, 3.05) is 12.4 Å². The summed E-state index contributed by atoms with van der Waals surface area (Å²) >= 11 is 0. The zero-order valence-electron chi connectivity index (χ0n) is 10.1. The molecule has 2 aromatic carbocycles. The number of anilines is 2. The second kappa shape index (κ2) is 5.36. The fourth-order valence-corrected chi connectivity index (χ4v) is 1.57. The van der Waals surface area contributed by atoms with Gasteiger partial charge in [0.1, 0.15) is 23.5 Å². The van der Waals surface area contributed by atoms with Crippen molar-refractivity contribution in [1.29, 1.82) is 5.26 Å². The van der Waals surface area contributed by atoms with Crippen LogP contribution in [-0.4, -0.2) is 7.11 Å². The molecular weight excluding hydrogens is 250 g/mol. The largest absolute Gasteiger partial charge is 0.497 e. The highest BCUT2D eigenvalue weighted by molar-refractivity contribution is 5.62. The van der Waals surface area contributed by atoms with Gasteiger partial charge in [0.2, 0.25) is 0 Å². The zero-order chi connectivity index (χ0) is 13.8. The number of ether oxygens (including phenoxy) is 1. The van der Waals surface area contributed by atoms with E-state index in [2.05, 4.69) is 5.32 Å². The van der Waals surface area contributed by atoms with Crippen molar-refractivity contribution < 1.29 is 13.5 Å². The van der Waals surface area contributed by atoms with E-state index in [1.807, 2.05) is 0 Å². The topological polar surface area (TPSA) is 45.0 Å². The van der Waals surface area contributed by atoms with Gasteiger partial charge < -0.3 is 10.1 Å². The first-order chi connectivity index (χ1) is 9.13. The van der Waals surface area contributed by atoms with Crippen molar-refractivity contribution in [2.45, 2.75) is 0 Å². The fourth-order valence-electron chi connectivity index (χ4n) is 1.57. The molecule has 0 radical (unpaired) electrons. The molecule has 0 bridgehead atoms. The second-order valence-corrected chi connectivity index (χ2v) is 3.78. The van der Waals surface area contributed by atoms with Gasteiger partial charge >= 0.3 is 0 Å². The number of methoxy groups -OCH3 is 1. The summed E-state index contributed by atoms with van der Waals surface area (Å²) in [6, 6.07) is 9.89. The molecule has 96 valence electrons. The number of rotatable bonds is 3. The third-order valence-electron chi connectivity index (χ3n) is 2.54. The minimum atomic E-state index is -0.657. The van der Waals surface area contributed by atoms with Crippen molar-refractivity contribution >= 4 is 11.4 Å². The highest BCUT2D eigenvalue weighted by atomic mass is 19.1. The van der Waals surface area contributed by atoms with Crippen LogP contribution in [-0.2, 0) is 0 Å². The summed E-state index contributed by atoms with van der Waals surface area (Å²) in [6.07, 6.45) is 0. The van der Waals surface area contributed by atoms with Crippen LogP contribution in [0, 0.1) is 23.0 Å². The molecule has 0 atom stereocenters. The lowest BCUT2D eigenvalue weighted by molar-refractivity contribution is 0.414. The van der Waals surface area contributed by atoms with Crippen molar-refractivity contribution in [3.05, 3.63) is 53.6 Å². The highest BCUT2D eigenvalue weighted by Crippen LogP contribution is 2.25. The van der Waals surface area contributed by atoms with Crippen LogP contribution in [0.5, 0.6) is 5.75 Å². The fraction of sp³-hybridized carbons (Fsp3) is 0.0714. The molecule has 2 aromatic rings. The lowest BCUT2D eigenvalue weighted by Gasteiger charge is -2.09. The van der Waals surface area contributed by atoms with Gasteiger partial charge in [-0.3, -0.25) is 0 Å². The van der Waals surface area contributed by atoms with Gasteiger partial charge in [0.25, 0.3) is 0 Å². The molecule has 0 aliphatic heterocycles. The Morgan fingerprint density at radius 2 is 1.89 bits per heavy atom. The Kier molecular flexibility index (Phi) is 3.62. The molecule has 1 N–H and O–H groups in total. The number of halogens is 2. The Balaban J connectivity index is 2.31. The van der Waals surface area contributed by atoms with Gasteiger partial charge in [-0.25, -0.2) is 8.78 Å². The predicted molar refractivity (Wildman–Crippen MR) is 67.3 cm³/mol. The first-order valence-electron chi connectivity index (χ1n) is 5.44. The number of nitrogens with one attached hydrogen (secondary N) is 1. The van der Waals surface area contributed by atoms with Gasteiger partial charge in [-0.05, 0) is 30.3 Å². The molecule has 0 aromatic heterocycles. The lowest BCUT2D eigenvalue weighted by atomic mass is 10.2. The van der Waals surface area contributed by atoms with Gasteiger partial charge in [-0.2, -0.15) is 5.26 Å². The first kappa shape index (κ1) is 12.8. The van der Waals surface area contributed by atoms with E-state index in [0.29, 0.717) is 11.4 Å². The summed E-state index contributed by atoms with van der Waals surface area (Å²) in [4.78, 5) is 0. The molecule has 3 nitrogen and oxygen atoms in total. The summed E-state index contributed by atoms with van der Waals surface area (Å²) in [6.45, 7) is 0. The van der Waals surface area contributed by atoms with E-state index in [0.717, 1.165) is 6.07 Å². The molecule has 0 saturated heterocycles. The van der Waals surface area contributed by atoms with E-state index in [1.54, 1.807) is 6.07 Å². The van der Waals surface area contributed by atoms with Crippen LogP contribution >= 0.6 is 0 Å². The van der Waals surface area contributed by atoms with Crippen LogP contribution in [0.15, 0.2) is 36.4 Å². The number of nitriles is 1. The predicted octanol–water partition coefficient (Wildman–Crippen LogP) is 3.59. The minimum Gasteiger partial charge on any atom is -0.497 e. The van der Waals surface area contributed by atoms with Gasteiger partial charge in [-0.1, -0.05) is 0 Å². The Morgan fingerprint density at radius 3 is 2.53 bits per heavy atom. The average Bonchev–Trinajstić information content (AvgIpc) is 2.41. The molecule has 0 fully saturated rings. The SMILES string of the molecule is COc1ccc(F)c(Nc2ccc(C#N)c(F)c2)c1. The molecule has 5 heteroatoms. The third kappa shape index (κ3) is 2.80. The highest BCUT2D eigenvalue weighted by Gasteiger charge is 2.07. The van der Waals surface area contributed by atoms with Crippen LogP contribution in [0.2, 0.25) is 0 Å². The summed E-state index contributed by atoms with van der Waals surface area (Å²) in [5.41, 5.74) is 0.462. The van der Waals surface area contributed by atoms with Gasteiger partial charge in [0.05, 0.1) is 18.4 Å². The number of hydrogen-bond acceptors (Lipinski definition) is 3. The van der Waals surface area contributed by atoms with E-state index in [-0.39, 0.29) is 11.3 Å². The van der Waals surface area contributed by atoms with Crippen LogP contribution in [0.1, 0.15) is 5.56 Å². The molecule has 0 aliphatic rings. The lowest BCUT2D eigenvalue weighted by Crippen LogP contribution is -1.96. The maximum atomic E-state index is 13.6. The van der Waals surface area contributed by atoms with E-state index >= 15 is 0 Å². The minimum absolute atomic E-state index is 0.0586. The van der Waals surface area contributed by atoms with Crippen molar-refractivity contribution in [2.24, 2.45) is 0 Å². The summed E-state index contributed by atoms with van der Waals surface area (Å²) in [5.74, 6) is -0.653. The van der Waals surface area contributed by atoms with Crippen molar-refractivity contribution in [1.82, 2.24) is 0 Å². The Bertz CT molecular complexity index is 650. The number of benzene rings is 2. The Morgan fingerprint density at radius 1 is 1.11 bits per heavy atom. The Hall–Kier alpha value is -2.61. The van der Waals surface area contributed by atoms with E-state index in [4.69, 9.17) is 10.00 Å². The first-order valence-corrected chi connectivity index (χ1v) is 5.44. The van der Waals surface area contributed by atoms with Crippen molar-refractivity contribution in [3.8, 4) is 11.8 Å². The molecule has 0 saturated carbocycles. The van der Waals surface area contributed by atoms with Crippen molar-refractivity contribution in [3.63, 3.8) is 0 Å². The molecule has 0 spiro atoms. The normalized spacial score (nSPS) is 9.79. The monoisotopic (exact) mass is 260 g/mol. The second-order valence-electron chi connectivity index (χ2n) is 3.78. The molecule has 0 unspecified atom stereocenters. The summed E-state index contributed by atoms with van der Waals surface area (Å²) in [5, 5.41) is 11.4. The van der Waals surface area contributed by atoms with E-state index in [1.165, 1.54) is 37.4 Å². The molecule has 2 rings (SSSR count). The third-order valence-corrected chi connectivity index (χ3v) is 2.54. The Labute approximate surface area is 109 Å². The quantitative estimate of drug-likeness (QED) is 0.917. The van der Waals surface area contributed by atoms with Gasteiger partial charge in [0, 0.05) is 11.8 Å². The molecule has 0 aliphatic carbocycles. The van der Waals surface area contributed by atoms with Crippen LogP contribution < -0.4 is 10.1 Å². The number of hydrogen-bond donors (Lipinski definition) is 1. The van der Waals surface area contributed by atoms with Gasteiger partial charge in [-0.15, -0.1) is 0 Å². The average molecular weight is 260 g/mol. The molecular formula is C14H10F2N2O. The maximum absolute atomic E-state index is 13.6. The zero-order valence-corrected chi connectivity index (χ0v) is 10.1. The van der Waals surface area contributed by atoms with Crippen LogP contribution in [0.3, 0.4) is 0 Å². The molecule has 0 heterocycles. The summed E-state index contributed by atoms with van der Waals surface area (Å²) in [7, 11) is 1.47. The smallest absolute Gasteiger partial charge is 0.146 e. The standard InChI is InChI=1S/C14H10F2N2O/c1-19-11-4-5-12(15)14(7-11)18-10-3-2-9(8-17)13(16)6-10/h2-7,18H,1H3. The van der Waals surface area contributed by atoms with Crippen LogP contribution in [0.4, 0.5) is 20.2 Å². The molecule has 19 heavy (non-hydrogen) atoms.